The van der Waals surface area contributed by atoms with Crippen LogP contribution in [0.4, 0.5) is 0 Å². The van der Waals surface area contributed by atoms with Gasteiger partial charge in [0.1, 0.15) is 0 Å². The zero-order valence-electron chi connectivity index (χ0n) is 15.4. The molecule has 0 saturated heterocycles. The van der Waals surface area contributed by atoms with Gasteiger partial charge in [-0.25, -0.2) is 9.59 Å². The van der Waals surface area contributed by atoms with Gasteiger partial charge in [0, 0.05) is 12.2 Å². The summed E-state index contributed by atoms with van der Waals surface area (Å²) in [7, 11) is 0. The zero-order chi connectivity index (χ0) is 19.2. The highest BCUT2D eigenvalue weighted by molar-refractivity contribution is 5.81. The Kier molecular flexibility index (Phi) is 10.5. The highest BCUT2D eigenvalue weighted by atomic mass is 16.5. The Labute approximate surface area is 156 Å². The summed E-state index contributed by atoms with van der Waals surface area (Å²) in [6, 6.07) is 6.24. The summed E-state index contributed by atoms with van der Waals surface area (Å²) in [5.41, 5.74) is 3.73. The van der Waals surface area contributed by atoms with E-state index in [0.29, 0.717) is 13.2 Å². The first-order chi connectivity index (χ1) is 12.6. The molecule has 140 valence electrons. The highest BCUT2D eigenvalue weighted by Crippen LogP contribution is 2.21. The summed E-state index contributed by atoms with van der Waals surface area (Å²) in [6.45, 7) is 11.5. The molecule has 0 unspecified atom stereocenters. The van der Waals surface area contributed by atoms with Crippen LogP contribution in [0.25, 0.3) is 6.08 Å². The Balaban J connectivity index is 2.50. The lowest BCUT2D eigenvalue weighted by atomic mass is 9.93. The van der Waals surface area contributed by atoms with Crippen LogP contribution in [0.15, 0.2) is 50.1 Å². The molecular formula is C22H28O4. The summed E-state index contributed by atoms with van der Waals surface area (Å²) < 4.78 is 10.0. The molecule has 0 bridgehead atoms. The van der Waals surface area contributed by atoms with Crippen LogP contribution in [0.1, 0.15) is 42.4 Å². The number of hydrogen-bond acceptors (Lipinski definition) is 4. The highest BCUT2D eigenvalue weighted by Gasteiger charge is 2.07. The van der Waals surface area contributed by atoms with Crippen LogP contribution in [-0.2, 0) is 31.9 Å². The van der Waals surface area contributed by atoms with Crippen molar-refractivity contribution < 1.29 is 19.1 Å². The molecule has 0 radical (unpaired) electrons. The molecule has 1 aromatic rings. The van der Waals surface area contributed by atoms with Crippen molar-refractivity contribution in [3.05, 3.63) is 66.8 Å². The molecule has 0 saturated carbocycles. The molecule has 0 N–H and O–H groups in total. The van der Waals surface area contributed by atoms with Gasteiger partial charge < -0.3 is 9.47 Å². The van der Waals surface area contributed by atoms with Crippen LogP contribution in [-0.4, -0.2) is 25.2 Å². The van der Waals surface area contributed by atoms with E-state index in [4.69, 9.17) is 9.47 Å². The van der Waals surface area contributed by atoms with Gasteiger partial charge in [-0.2, -0.15) is 0 Å². The monoisotopic (exact) mass is 356 g/mol. The molecule has 26 heavy (non-hydrogen) atoms. The summed E-state index contributed by atoms with van der Waals surface area (Å²) in [6.07, 6.45) is 9.56. The third-order valence-electron chi connectivity index (χ3n) is 4.01. The molecule has 0 aliphatic rings. The maximum absolute atomic E-state index is 11.0. The van der Waals surface area contributed by atoms with Crippen LogP contribution in [0.3, 0.4) is 0 Å². The number of aryl methyl sites for hydroxylation is 1. The van der Waals surface area contributed by atoms with Gasteiger partial charge in [-0.3, -0.25) is 0 Å². The number of carbonyl (C=O) groups excluding carboxylic acids is 2. The summed E-state index contributed by atoms with van der Waals surface area (Å²) >= 11 is 0. The van der Waals surface area contributed by atoms with Gasteiger partial charge in [0.05, 0.1) is 13.2 Å². The maximum atomic E-state index is 11.0. The quantitative estimate of drug-likeness (QED) is 0.298. The van der Waals surface area contributed by atoms with Gasteiger partial charge in [0.2, 0.25) is 0 Å². The number of unbranched alkanes of at least 4 members (excludes halogenated alkanes) is 2. The van der Waals surface area contributed by atoms with Crippen molar-refractivity contribution in [3.63, 3.8) is 0 Å². The molecule has 0 atom stereocenters. The van der Waals surface area contributed by atoms with E-state index < -0.39 is 0 Å². The summed E-state index contributed by atoms with van der Waals surface area (Å²) in [4.78, 5) is 22.1. The Morgan fingerprint density at radius 3 is 1.96 bits per heavy atom. The van der Waals surface area contributed by atoms with Crippen LogP contribution in [0.5, 0.6) is 0 Å². The van der Waals surface area contributed by atoms with E-state index in [0.717, 1.165) is 44.1 Å². The number of benzene rings is 1. The Morgan fingerprint density at radius 1 is 0.846 bits per heavy atom. The van der Waals surface area contributed by atoms with Gasteiger partial charge in [-0.1, -0.05) is 44.0 Å². The van der Waals surface area contributed by atoms with Gasteiger partial charge in [0.25, 0.3) is 0 Å². The third-order valence-corrected chi connectivity index (χ3v) is 4.01. The fourth-order valence-electron chi connectivity index (χ4n) is 2.67. The van der Waals surface area contributed by atoms with Crippen LogP contribution in [0, 0.1) is 0 Å². The lowest BCUT2D eigenvalue weighted by Crippen LogP contribution is -2.04. The topological polar surface area (TPSA) is 52.6 Å². The van der Waals surface area contributed by atoms with Crippen LogP contribution >= 0.6 is 0 Å². The number of esters is 2. The minimum atomic E-state index is -0.380. The summed E-state index contributed by atoms with van der Waals surface area (Å²) in [5, 5.41) is 0. The predicted molar refractivity (Wildman–Crippen MR) is 105 cm³/mol. The number of ether oxygens (including phenoxy) is 2. The van der Waals surface area contributed by atoms with E-state index in [2.05, 4.69) is 31.9 Å². The number of rotatable bonds is 13. The molecule has 1 aromatic carbocycles. The van der Waals surface area contributed by atoms with Gasteiger partial charge >= 0.3 is 11.9 Å². The molecule has 0 aromatic heterocycles. The number of hydrogen-bond donors (Lipinski definition) is 0. The molecule has 4 heteroatoms. The van der Waals surface area contributed by atoms with E-state index in [-0.39, 0.29) is 11.9 Å². The Bertz CT molecular complexity index is 631. The van der Waals surface area contributed by atoms with Crippen LogP contribution in [0.2, 0.25) is 0 Å². The fourth-order valence-corrected chi connectivity index (χ4v) is 2.67. The molecular weight excluding hydrogens is 328 g/mol. The maximum Gasteiger partial charge on any atom is 0.330 e. The van der Waals surface area contributed by atoms with Crippen LogP contribution < -0.4 is 0 Å². The van der Waals surface area contributed by atoms with E-state index in [1.165, 1.54) is 23.3 Å². The lowest BCUT2D eigenvalue weighted by molar-refractivity contribution is -0.138. The van der Waals surface area contributed by atoms with Crippen molar-refractivity contribution in [1.82, 2.24) is 0 Å². The molecule has 1 rings (SSSR count). The smallest absolute Gasteiger partial charge is 0.330 e. The van der Waals surface area contributed by atoms with E-state index >= 15 is 0 Å². The molecule has 0 aliphatic carbocycles. The minimum Gasteiger partial charge on any atom is -0.463 e. The van der Waals surface area contributed by atoms with E-state index in [1.54, 1.807) is 0 Å². The van der Waals surface area contributed by atoms with Crippen molar-refractivity contribution in [2.24, 2.45) is 0 Å². The first-order valence-corrected chi connectivity index (χ1v) is 8.94. The lowest BCUT2D eigenvalue weighted by Gasteiger charge is -2.13. The molecule has 0 amide bonds. The second-order valence-corrected chi connectivity index (χ2v) is 5.85. The zero-order valence-corrected chi connectivity index (χ0v) is 15.4. The predicted octanol–water partition coefficient (Wildman–Crippen LogP) is 4.43. The average Bonchev–Trinajstić information content (AvgIpc) is 2.67. The Morgan fingerprint density at radius 2 is 1.42 bits per heavy atom. The standard InChI is InChI=1S/C22H28O4/c1-4-18-13-11-14-19(12-7-9-16-25-21(23)5-2)20(18)15-8-10-17-26-22(24)6-3/h4-6,11,13-14H,1-3,7-10,12,15-17H2. The van der Waals surface area contributed by atoms with Crippen molar-refractivity contribution in [3.8, 4) is 0 Å². The normalized spacial score (nSPS) is 10.0. The van der Waals surface area contributed by atoms with Gasteiger partial charge in [-0.15, -0.1) is 0 Å². The van der Waals surface area contributed by atoms with Crippen molar-refractivity contribution in [2.75, 3.05) is 13.2 Å². The molecule has 0 heterocycles. The molecule has 4 nitrogen and oxygen atoms in total. The van der Waals surface area contributed by atoms with Crippen molar-refractivity contribution in [1.29, 1.82) is 0 Å². The second-order valence-electron chi connectivity index (χ2n) is 5.85. The SMILES string of the molecule is C=CC(=O)OCCCCc1cccc(C=C)c1CCCCOC(=O)C=C. The fraction of sp³-hybridized carbons (Fsp3) is 0.364. The molecule has 0 spiro atoms. The summed E-state index contributed by atoms with van der Waals surface area (Å²) in [5.74, 6) is -0.758. The number of carbonyl (C=O) groups is 2. The van der Waals surface area contributed by atoms with Crippen molar-refractivity contribution in [2.45, 2.75) is 38.5 Å². The average molecular weight is 356 g/mol. The van der Waals surface area contributed by atoms with E-state index in [1.807, 2.05) is 12.1 Å². The van der Waals surface area contributed by atoms with Crippen molar-refractivity contribution >= 4 is 18.0 Å². The van der Waals surface area contributed by atoms with Gasteiger partial charge in [-0.05, 0) is 55.2 Å². The molecule has 0 fully saturated rings. The first-order valence-electron chi connectivity index (χ1n) is 8.94. The van der Waals surface area contributed by atoms with E-state index in [9.17, 15) is 9.59 Å². The van der Waals surface area contributed by atoms with Gasteiger partial charge in [0.15, 0.2) is 0 Å². The second kappa shape index (κ2) is 12.7. The molecule has 0 aliphatic heterocycles. The minimum absolute atomic E-state index is 0.378. The third kappa shape index (κ3) is 7.97. The largest absolute Gasteiger partial charge is 0.463 e. The Hall–Kier alpha value is -2.62. The first kappa shape index (κ1) is 21.4.